The first-order valence-corrected chi connectivity index (χ1v) is 6.33. The van der Waals surface area contributed by atoms with E-state index in [9.17, 15) is 9.59 Å². The summed E-state index contributed by atoms with van der Waals surface area (Å²) in [5.74, 6) is -0.360. The summed E-state index contributed by atoms with van der Waals surface area (Å²) in [5.41, 5.74) is 0. The Morgan fingerprint density at radius 2 is 2.00 bits per heavy atom. The smallest absolute Gasteiger partial charge is 0.246 e. The van der Waals surface area contributed by atoms with E-state index in [0.29, 0.717) is 0 Å². The van der Waals surface area contributed by atoms with Crippen LogP contribution in [0.2, 0.25) is 0 Å². The average molecular weight is 257 g/mol. The zero-order valence-electron chi connectivity index (χ0n) is 11.4. The molecule has 104 valence electrons. The van der Waals surface area contributed by atoms with Crippen LogP contribution < -0.4 is 10.6 Å². The summed E-state index contributed by atoms with van der Waals surface area (Å²) < 4.78 is 5.51. The highest BCUT2D eigenvalue weighted by atomic mass is 16.5. The molecule has 1 aliphatic heterocycles. The minimum atomic E-state index is -0.510. The molecule has 0 radical (unpaired) electrons. The number of likely N-dealkylation sites (N-methyl/N-ethyl adjacent to an activating group) is 1. The lowest BCUT2D eigenvalue weighted by Gasteiger charge is -2.23. The average Bonchev–Trinajstić information content (AvgIpc) is 2.36. The molecule has 2 N–H and O–H groups in total. The second-order valence-corrected chi connectivity index (χ2v) is 4.78. The Bertz CT molecular complexity index is 288. The third-order valence-electron chi connectivity index (χ3n) is 2.93. The number of amides is 2. The van der Waals surface area contributed by atoms with Gasteiger partial charge in [-0.1, -0.05) is 0 Å². The van der Waals surface area contributed by atoms with Gasteiger partial charge in [-0.2, -0.15) is 0 Å². The summed E-state index contributed by atoms with van der Waals surface area (Å²) in [6.07, 6.45) is 2.01. The number of carbonyl (C=O) groups excluding carboxylic acids is 2. The normalized spacial score (nSPS) is 18.2. The molecule has 6 heteroatoms. The van der Waals surface area contributed by atoms with Gasteiger partial charge in [0.1, 0.15) is 12.6 Å². The van der Waals surface area contributed by atoms with Crippen molar-refractivity contribution in [2.75, 3.05) is 33.8 Å². The van der Waals surface area contributed by atoms with Crippen LogP contribution in [0.4, 0.5) is 0 Å². The van der Waals surface area contributed by atoms with Gasteiger partial charge in [0.05, 0.1) is 6.10 Å². The fourth-order valence-corrected chi connectivity index (χ4v) is 1.89. The second-order valence-electron chi connectivity index (χ2n) is 4.78. The lowest BCUT2D eigenvalue weighted by atomic mass is 10.1. The summed E-state index contributed by atoms with van der Waals surface area (Å²) in [4.78, 5) is 24.6. The zero-order valence-corrected chi connectivity index (χ0v) is 11.4. The predicted molar refractivity (Wildman–Crippen MR) is 68.1 cm³/mol. The van der Waals surface area contributed by atoms with Gasteiger partial charge in [-0.15, -0.1) is 0 Å². The van der Waals surface area contributed by atoms with Crippen LogP contribution in [0.3, 0.4) is 0 Å². The highest BCUT2D eigenvalue weighted by molar-refractivity contribution is 5.87. The van der Waals surface area contributed by atoms with E-state index in [1.807, 2.05) is 0 Å². The Balaban J connectivity index is 2.22. The van der Waals surface area contributed by atoms with Gasteiger partial charge >= 0.3 is 0 Å². The first-order valence-electron chi connectivity index (χ1n) is 6.33. The maximum absolute atomic E-state index is 11.6. The van der Waals surface area contributed by atoms with Crippen LogP contribution in [-0.4, -0.2) is 62.7 Å². The van der Waals surface area contributed by atoms with Crippen molar-refractivity contribution in [2.24, 2.45) is 0 Å². The monoisotopic (exact) mass is 257 g/mol. The van der Waals surface area contributed by atoms with Crippen molar-refractivity contribution < 1.29 is 14.3 Å². The zero-order chi connectivity index (χ0) is 13.5. The van der Waals surface area contributed by atoms with Gasteiger partial charge in [0, 0.05) is 14.1 Å². The van der Waals surface area contributed by atoms with E-state index in [1.165, 1.54) is 4.90 Å². The number of nitrogens with zero attached hydrogens (tertiary/aromatic N) is 1. The predicted octanol–water partition coefficient (Wildman–Crippen LogP) is -0.652. The summed E-state index contributed by atoms with van der Waals surface area (Å²) in [7, 11) is 3.33. The van der Waals surface area contributed by atoms with Crippen molar-refractivity contribution in [3.05, 3.63) is 0 Å². The Labute approximate surface area is 108 Å². The Kier molecular flexibility index (Phi) is 6.07. The van der Waals surface area contributed by atoms with Gasteiger partial charge in [-0.05, 0) is 32.9 Å². The first kappa shape index (κ1) is 14.9. The van der Waals surface area contributed by atoms with Gasteiger partial charge in [0.2, 0.25) is 11.8 Å². The molecule has 0 spiro atoms. The van der Waals surface area contributed by atoms with E-state index in [4.69, 9.17) is 4.74 Å². The Morgan fingerprint density at radius 1 is 1.39 bits per heavy atom. The van der Waals surface area contributed by atoms with Gasteiger partial charge < -0.3 is 20.3 Å². The molecule has 0 aromatic carbocycles. The van der Waals surface area contributed by atoms with Crippen LogP contribution in [-0.2, 0) is 14.3 Å². The standard InChI is InChI=1S/C12H23N3O3/c1-9(12(17)15(2)3)14-11(16)8-18-10-4-6-13-7-5-10/h9-10,13H,4-8H2,1-3H3,(H,14,16). The van der Waals surface area contributed by atoms with Gasteiger partial charge in [-0.3, -0.25) is 9.59 Å². The van der Waals surface area contributed by atoms with Crippen molar-refractivity contribution in [3.8, 4) is 0 Å². The van der Waals surface area contributed by atoms with Crippen molar-refractivity contribution in [2.45, 2.75) is 31.9 Å². The maximum atomic E-state index is 11.6. The fraction of sp³-hybridized carbons (Fsp3) is 0.833. The molecule has 0 aromatic rings. The number of rotatable bonds is 5. The van der Waals surface area contributed by atoms with Crippen LogP contribution in [0, 0.1) is 0 Å². The number of nitrogens with one attached hydrogen (secondary N) is 2. The second kappa shape index (κ2) is 7.33. The van der Waals surface area contributed by atoms with E-state index < -0.39 is 6.04 Å². The Morgan fingerprint density at radius 3 is 2.56 bits per heavy atom. The third-order valence-corrected chi connectivity index (χ3v) is 2.93. The number of hydrogen-bond donors (Lipinski definition) is 2. The van der Waals surface area contributed by atoms with Crippen LogP contribution in [0.5, 0.6) is 0 Å². The summed E-state index contributed by atoms with van der Waals surface area (Å²) in [6, 6.07) is -0.510. The first-order chi connectivity index (χ1) is 8.50. The SMILES string of the molecule is CC(NC(=O)COC1CCNCC1)C(=O)N(C)C. The van der Waals surface area contributed by atoms with E-state index in [1.54, 1.807) is 21.0 Å². The molecule has 1 unspecified atom stereocenters. The van der Waals surface area contributed by atoms with Crippen LogP contribution in [0.15, 0.2) is 0 Å². The van der Waals surface area contributed by atoms with Crippen molar-refractivity contribution >= 4 is 11.8 Å². The van der Waals surface area contributed by atoms with Crippen LogP contribution in [0.25, 0.3) is 0 Å². The van der Waals surface area contributed by atoms with E-state index in [2.05, 4.69) is 10.6 Å². The Hall–Kier alpha value is -1.14. The van der Waals surface area contributed by atoms with Crippen LogP contribution >= 0.6 is 0 Å². The number of carbonyl (C=O) groups is 2. The molecule has 0 aromatic heterocycles. The van der Waals surface area contributed by atoms with E-state index in [0.717, 1.165) is 25.9 Å². The largest absolute Gasteiger partial charge is 0.368 e. The highest BCUT2D eigenvalue weighted by Gasteiger charge is 2.19. The van der Waals surface area contributed by atoms with Gasteiger partial charge in [-0.25, -0.2) is 0 Å². The van der Waals surface area contributed by atoms with Crippen molar-refractivity contribution in [1.29, 1.82) is 0 Å². The van der Waals surface area contributed by atoms with E-state index in [-0.39, 0.29) is 24.5 Å². The molecule has 0 aliphatic carbocycles. The third kappa shape index (κ3) is 5.01. The lowest BCUT2D eigenvalue weighted by molar-refractivity contribution is -0.136. The minimum absolute atomic E-state index is 0.0235. The number of ether oxygens (including phenoxy) is 1. The molecule has 1 fully saturated rings. The fourth-order valence-electron chi connectivity index (χ4n) is 1.89. The highest BCUT2D eigenvalue weighted by Crippen LogP contribution is 2.06. The molecule has 0 saturated carbocycles. The molecule has 0 bridgehead atoms. The van der Waals surface area contributed by atoms with Gasteiger partial charge in [0.15, 0.2) is 0 Å². The van der Waals surface area contributed by atoms with Crippen molar-refractivity contribution in [1.82, 2.24) is 15.5 Å². The number of hydrogen-bond acceptors (Lipinski definition) is 4. The summed E-state index contributed by atoms with van der Waals surface area (Å²) in [5, 5.41) is 5.86. The molecule has 2 amide bonds. The number of piperidine rings is 1. The molecule has 6 nitrogen and oxygen atoms in total. The van der Waals surface area contributed by atoms with Crippen molar-refractivity contribution in [3.63, 3.8) is 0 Å². The molecule has 1 atom stereocenters. The topological polar surface area (TPSA) is 70.7 Å². The molecule has 1 saturated heterocycles. The maximum Gasteiger partial charge on any atom is 0.246 e. The molecule has 1 rings (SSSR count). The quantitative estimate of drug-likeness (QED) is 0.686. The molecule has 18 heavy (non-hydrogen) atoms. The molecule has 1 aliphatic rings. The summed E-state index contributed by atoms with van der Waals surface area (Å²) in [6.45, 7) is 3.56. The molecular weight excluding hydrogens is 234 g/mol. The summed E-state index contributed by atoms with van der Waals surface area (Å²) >= 11 is 0. The minimum Gasteiger partial charge on any atom is -0.368 e. The van der Waals surface area contributed by atoms with E-state index >= 15 is 0 Å². The molecule has 1 heterocycles. The molecular formula is C12H23N3O3. The lowest BCUT2D eigenvalue weighted by Crippen LogP contribution is -2.46. The van der Waals surface area contributed by atoms with Gasteiger partial charge in [0.25, 0.3) is 0 Å². The van der Waals surface area contributed by atoms with Crippen LogP contribution in [0.1, 0.15) is 19.8 Å².